The van der Waals surface area contributed by atoms with Gasteiger partial charge in [0.15, 0.2) is 0 Å². The molecule has 21 heavy (non-hydrogen) atoms. The zero-order valence-electron chi connectivity index (χ0n) is 13.8. The number of carbonyl (C=O) groups excluding carboxylic acids is 1. The lowest BCUT2D eigenvalue weighted by molar-refractivity contribution is 0.00863. The maximum absolute atomic E-state index is 11.9. The predicted molar refractivity (Wildman–Crippen MR) is 86.7 cm³/mol. The van der Waals surface area contributed by atoms with Crippen LogP contribution >= 0.6 is 0 Å². The van der Waals surface area contributed by atoms with Crippen LogP contribution in [-0.2, 0) is 4.74 Å². The van der Waals surface area contributed by atoms with Crippen LogP contribution in [0.2, 0.25) is 0 Å². The summed E-state index contributed by atoms with van der Waals surface area (Å²) in [6, 6.07) is 7.93. The Hall–Kier alpha value is -1.39. The summed E-state index contributed by atoms with van der Waals surface area (Å²) in [7, 11) is 1.73. The molecule has 4 nitrogen and oxygen atoms in total. The van der Waals surface area contributed by atoms with Crippen molar-refractivity contribution in [1.29, 1.82) is 0 Å². The predicted octanol–water partition coefficient (Wildman–Crippen LogP) is 2.52. The third-order valence-electron chi connectivity index (χ3n) is 3.57. The lowest BCUT2D eigenvalue weighted by atomic mass is 10.00. The van der Waals surface area contributed by atoms with E-state index in [9.17, 15) is 4.79 Å². The number of hydrogen-bond acceptors (Lipinski definition) is 3. The van der Waals surface area contributed by atoms with Gasteiger partial charge in [-0.05, 0) is 46.2 Å². The monoisotopic (exact) mass is 292 g/mol. The molecule has 0 aliphatic carbocycles. The highest BCUT2D eigenvalue weighted by atomic mass is 16.5. The van der Waals surface area contributed by atoms with Gasteiger partial charge in [-0.1, -0.05) is 17.7 Å². The van der Waals surface area contributed by atoms with E-state index in [1.54, 1.807) is 7.11 Å². The van der Waals surface area contributed by atoms with Crippen LogP contribution in [0, 0.1) is 6.92 Å². The zero-order chi connectivity index (χ0) is 15.9. The van der Waals surface area contributed by atoms with Crippen LogP contribution in [0.5, 0.6) is 0 Å². The van der Waals surface area contributed by atoms with E-state index in [0.29, 0.717) is 18.2 Å². The summed E-state index contributed by atoms with van der Waals surface area (Å²) in [5.41, 5.74) is 1.73. The first-order valence-corrected chi connectivity index (χ1v) is 7.47. The third kappa shape index (κ3) is 6.74. The molecule has 0 radical (unpaired) electrons. The van der Waals surface area contributed by atoms with E-state index in [2.05, 4.69) is 31.4 Å². The SMILES string of the molecule is COC(C)(C)CC(C)NCCNC(=O)c1ccc(C)cc1. The van der Waals surface area contributed by atoms with Gasteiger partial charge >= 0.3 is 0 Å². The largest absolute Gasteiger partial charge is 0.379 e. The summed E-state index contributed by atoms with van der Waals surface area (Å²) < 4.78 is 5.41. The summed E-state index contributed by atoms with van der Waals surface area (Å²) in [5, 5.41) is 6.31. The van der Waals surface area contributed by atoms with Crippen LogP contribution in [0.15, 0.2) is 24.3 Å². The first kappa shape index (κ1) is 17.7. The number of aryl methyl sites for hydroxylation is 1. The minimum atomic E-state index is -0.127. The standard InChI is InChI=1S/C17H28N2O2/c1-13-6-8-15(9-7-13)16(20)19-11-10-18-14(2)12-17(3,4)21-5/h6-9,14,18H,10-12H2,1-5H3,(H,19,20). The maximum Gasteiger partial charge on any atom is 0.251 e. The van der Waals surface area contributed by atoms with Gasteiger partial charge in [-0.3, -0.25) is 4.79 Å². The molecule has 1 rings (SSSR count). The van der Waals surface area contributed by atoms with Crippen molar-refractivity contribution in [1.82, 2.24) is 10.6 Å². The van der Waals surface area contributed by atoms with Crippen LogP contribution in [0.25, 0.3) is 0 Å². The molecule has 1 aromatic rings. The molecule has 1 unspecified atom stereocenters. The van der Waals surface area contributed by atoms with Crippen molar-refractivity contribution in [2.75, 3.05) is 20.2 Å². The fraction of sp³-hybridized carbons (Fsp3) is 0.588. The van der Waals surface area contributed by atoms with E-state index < -0.39 is 0 Å². The molecule has 4 heteroatoms. The molecule has 118 valence electrons. The van der Waals surface area contributed by atoms with E-state index in [1.165, 1.54) is 0 Å². The number of methoxy groups -OCH3 is 1. The fourth-order valence-corrected chi connectivity index (χ4v) is 2.19. The number of benzene rings is 1. The Morgan fingerprint density at radius 2 is 1.86 bits per heavy atom. The van der Waals surface area contributed by atoms with Crippen molar-refractivity contribution in [3.05, 3.63) is 35.4 Å². The van der Waals surface area contributed by atoms with Crippen molar-refractivity contribution in [2.45, 2.75) is 45.8 Å². The molecule has 0 aliphatic heterocycles. The Kier molecular flexibility index (Phi) is 6.85. The van der Waals surface area contributed by atoms with E-state index >= 15 is 0 Å². The summed E-state index contributed by atoms with van der Waals surface area (Å²) in [6.07, 6.45) is 0.926. The van der Waals surface area contributed by atoms with Crippen LogP contribution in [0.1, 0.15) is 43.1 Å². The second kappa shape index (κ2) is 8.15. The molecule has 0 fully saturated rings. The van der Waals surface area contributed by atoms with Gasteiger partial charge in [-0.15, -0.1) is 0 Å². The topological polar surface area (TPSA) is 50.4 Å². The highest BCUT2D eigenvalue weighted by molar-refractivity contribution is 5.94. The molecule has 0 saturated heterocycles. The fourth-order valence-electron chi connectivity index (χ4n) is 2.19. The molecule has 0 aromatic heterocycles. The molecular formula is C17H28N2O2. The summed E-state index contributed by atoms with van der Waals surface area (Å²) in [6.45, 7) is 9.65. The number of nitrogens with one attached hydrogen (secondary N) is 2. The minimum Gasteiger partial charge on any atom is -0.379 e. The number of hydrogen-bond donors (Lipinski definition) is 2. The molecule has 0 spiro atoms. The summed E-state index contributed by atoms with van der Waals surface area (Å²) >= 11 is 0. The number of amides is 1. The highest BCUT2D eigenvalue weighted by Gasteiger charge is 2.19. The quantitative estimate of drug-likeness (QED) is 0.724. The van der Waals surface area contributed by atoms with Gasteiger partial charge in [0.1, 0.15) is 0 Å². The van der Waals surface area contributed by atoms with E-state index in [-0.39, 0.29) is 11.5 Å². The second-order valence-electron chi connectivity index (χ2n) is 6.15. The Balaban J connectivity index is 2.25. The number of ether oxygens (including phenoxy) is 1. The average molecular weight is 292 g/mol. The van der Waals surface area contributed by atoms with Crippen molar-refractivity contribution in [3.8, 4) is 0 Å². The third-order valence-corrected chi connectivity index (χ3v) is 3.57. The van der Waals surface area contributed by atoms with Gasteiger partial charge in [0.25, 0.3) is 5.91 Å². The van der Waals surface area contributed by atoms with Crippen molar-refractivity contribution >= 4 is 5.91 Å². The molecule has 1 atom stereocenters. The molecule has 1 aromatic carbocycles. The van der Waals surface area contributed by atoms with E-state index in [0.717, 1.165) is 18.5 Å². The van der Waals surface area contributed by atoms with Crippen LogP contribution < -0.4 is 10.6 Å². The first-order valence-electron chi connectivity index (χ1n) is 7.47. The van der Waals surface area contributed by atoms with Gasteiger partial charge in [0.05, 0.1) is 5.60 Å². The van der Waals surface area contributed by atoms with Crippen LogP contribution in [0.4, 0.5) is 0 Å². The maximum atomic E-state index is 11.9. The molecule has 0 aliphatic rings. The molecule has 0 heterocycles. The normalized spacial score (nSPS) is 13.0. The van der Waals surface area contributed by atoms with Crippen LogP contribution in [-0.4, -0.2) is 37.7 Å². The Labute approximate surface area is 128 Å². The van der Waals surface area contributed by atoms with E-state index in [1.807, 2.05) is 31.2 Å². The van der Waals surface area contributed by atoms with Gasteiger partial charge in [0.2, 0.25) is 0 Å². The Bertz CT molecular complexity index is 441. The van der Waals surface area contributed by atoms with Crippen molar-refractivity contribution in [3.63, 3.8) is 0 Å². The molecule has 1 amide bonds. The van der Waals surface area contributed by atoms with Crippen molar-refractivity contribution in [2.24, 2.45) is 0 Å². The minimum absolute atomic E-state index is 0.0262. The Morgan fingerprint density at radius 1 is 1.24 bits per heavy atom. The summed E-state index contributed by atoms with van der Waals surface area (Å²) in [5.74, 6) is -0.0262. The molecule has 2 N–H and O–H groups in total. The molecular weight excluding hydrogens is 264 g/mol. The highest BCUT2D eigenvalue weighted by Crippen LogP contribution is 2.14. The number of carbonyl (C=O) groups is 1. The van der Waals surface area contributed by atoms with Gasteiger partial charge < -0.3 is 15.4 Å². The Morgan fingerprint density at radius 3 is 2.43 bits per heavy atom. The number of rotatable bonds is 8. The van der Waals surface area contributed by atoms with Gasteiger partial charge in [0, 0.05) is 31.8 Å². The average Bonchev–Trinajstić information content (AvgIpc) is 2.43. The lowest BCUT2D eigenvalue weighted by Gasteiger charge is -2.27. The van der Waals surface area contributed by atoms with Crippen molar-refractivity contribution < 1.29 is 9.53 Å². The second-order valence-corrected chi connectivity index (χ2v) is 6.15. The smallest absolute Gasteiger partial charge is 0.251 e. The molecule has 0 bridgehead atoms. The molecule has 0 saturated carbocycles. The first-order chi connectivity index (χ1) is 9.84. The summed E-state index contributed by atoms with van der Waals surface area (Å²) in [4.78, 5) is 11.9. The van der Waals surface area contributed by atoms with Crippen LogP contribution in [0.3, 0.4) is 0 Å². The zero-order valence-corrected chi connectivity index (χ0v) is 13.8. The van der Waals surface area contributed by atoms with Gasteiger partial charge in [-0.2, -0.15) is 0 Å². The van der Waals surface area contributed by atoms with E-state index in [4.69, 9.17) is 4.74 Å². The van der Waals surface area contributed by atoms with Gasteiger partial charge in [-0.25, -0.2) is 0 Å². The lowest BCUT2D eigenvalue weighted by Crippen LogP contribution is -2.39.